The zero-order valence-corrected chi connectivity index (χ0v) is 8.19. The third-order valence-electron chi connectivity index (χ3n) is 1.47. The SMILES string of the molecule is CC(C#N)S(=O)(=O)Nc1cccnn1. The lowest BCUT2D eigenvalue weighted by molar-refractivity contribution is 0.597. The third-order valence-corrected chi connectivity index (χ3v) is 3.00. The molecule has 0 bridgehead atoms. The first-order valence-corrected chi connectivity index (χ1v) is 5.30. The molecule has 14 heavy (non-hydrogen) atoms. The van der Waals surface area contributed by atoms with Gasteiger partial charge in [0.1, 0.15) is 0 Å². The van der Waals surface area contributed by atoms with Crippen LogP contribution in [0.15, 0.2) is 18.3 Å². The van der Waals surface area contributed by atoms with Crippen molar-refractivity contribution in [3.8, 4) is 6.07 Å². The molecule has 0 fully saturated rings. The minimum atomic E-state index is -3.68. The number of rotatable bonds is 3. The van der Waals surface area contributed by atoms with Crippen molar-refractivity contribution in [3.63, 3.8) is 0 Å². The van der Waals surface area contributed by atoms with E-state index in [1.807, 2.05) is 0 Å². The van der Waals surface area contributed by atoms with Crippen LogP contribution in [0.2, 0.25) is 0 Å². The Morgan fingerprint density at radius 1 is 1.64 bits per heavy atom. The van der Waals surface area contributed by atoms with Crippen LogP contribution in [0.1, 0.15) is 6.92 Å². The van der Waals surface area contributed by atoms with Gasteiger partial charge < -0.3 is 0 Å². The summed E-state index contributed by atoms with van der Waals surface area (Å²) in [7, 11) is -3.68. The van der Waals surface area contributed by atoms with Crippen LogP contribution in [0.5, 0.6) is 0 Å². The van der Waals surface area contributed by atoms with Crippen molar-refractivity contribution < 1.29 is 8.42 Å². The molecule has 7 heteroatoms. The Balaban J connectivity index is 2.86. The van der Waals surface area contributed by atoms with Crippen LogP contribution in [0.4, 0.5) is 5.82 Å². The van der Waals surface area contributed by atoms with Gasteiger partial charge in [-0.2, -0.15) is 10.4 Å². The molecular formula is C7H8N4O2S. The van der Waals surface area contributed by atoms with Gasteiger partial charge in [0.05, 0.1) is 6.07 Å². The van der Waals surface area contributed by atoms with Gasteiger partial charge in [0, 0.05) is 6.20 Å². The van der Waals surface area contributed by atoms with E-state index in [4.69, 9.17) is 5.26 Å². The molecule has 1 aromatic rings. The molecule has 1 heterocycles. The molecule has 0 aromatic carbocycles. The summed E-state index contributed by atoms with van der Waals surface area (Å²) in [5, 5.41) is 14.3. The van der Waals surface area contributed by atoms with E-state index in [0.29, 0.717) is 0 Å². The minimum Gasteiger partial charge on any atom is -0.265 e. The van der Waals surface area contributed by atoms with Crippen LogP contribution in [-0.4, -0.2) is 23.9 Å². The van der Waals surface area contributed by atoms with E-state index in [1.165, 1.54) is 19.2 Å². The standard InChI is InChI=1S/C7H8N4O2S/c1-6(5-8)14(12,13)11-7-3-2-4-9-10-7/h2-4,6H,1H3,(H,10,11). The molecule has 0 spiro atoms. The van der Waals surface area contributed by atoms with E-state index in [0.717, 1.165) is 0 Å². The highest BCUT2D eigenvalue weighted by atomic mass is 32.2. The molecule has 1 unspecified atom stereocenters. The summed E-state index contributed by atoms with van der Waals surface area (Å²) in [6, 6.07) is 4.62. The fraction of sp³-hybridized carbons (Fsp3) is 0.286. The Labute approximate surface area is 81.6 Å². The molecule has 1 N–H and O–H groups in total. The lowest BCUT2D eigenvalue weighted by Gasteiger charge is -2.06. The van der Waals surface area contributed by atoms with Crippen molar-refractivity contribution in [1.82, 2.24) is 10.2 Å². The molecule has 0 saturated carbocycles. The maximum Gasteiger partial charge on any atom is 0.250 e. The molecule has 0 aliphatic heterocycles. The Hall–Kier alpha value is -1.68. The van der Waals surface area contributed by atoms with E-state index < -0.39 is 15.3 Å². The predicted octanol–water partition coefficient (Wildman–Crippen LogP) is 0.130. The normalized spacial score (nSPS) is 12.9. The molecule has 0 amide bonds. The van der Waals surface area contributed by atoms with Crippen molar-refractivity contribution in [1.29, 1.82) is 5.26 Å². The van der Waals surface area contributed by atoms with Crippen LogP contribution in [0.25, 0.3) is 0 Å². The highest BCUT2D eigenvalue weighted by Crippen LogP contribution is 2.06. The zero-order valence-electron chi connectivity index (χ0n) is 7.38. The van der Waals surface area contributed by atoms with E-state index >= 15 is 0 Å². The molecule has 1 atom stereocenters. The summed E-state index contributed by atoms with van der Waals surface area (Å²) >= 11 is 0. The molecule has 1 rings (SSSR count). The van der Waals surface area contributed by atoms with Gasteiger partial charge in [0.25, 0.3) is 0 Å². The monoisotopic (exact) mass is 212 g/mol. The Morgan fingerprint density at radius 2 is 2.36 bits per heavy atom. The Kier molecular flexibility index (Phi) is 2.99. The second kappa shape index (κ2) is 4.02. The molecular weight excluding hydrogens is 204 g/mol. The first-order chi connectivity index (χ1) is 6.56. The van der Waals surface area contributed by atoms with Gasteiger partial charge in [-0.05, 0) is 19.1 Å². The number of aromatic nitrogens is 2. The fourth-order valence-electron chi connectivity index (χ4n) is 0.659. The summed E-state index contributed by atoms with van der Waals surface area (Å²) in [6.07, 6.45) is 1.42. The number of hydrogen-bond donors (Lipinski definition) is 1. The molecule has 0 aliphatic rings. The molecule has 0 radical (unpaired) electrons. The largest absolute Gasteiger partial charge is 0.265 e. The van der Waals surface area contributed by atoms with Gasteiger partial charge >= 0.3 is 0 Å². The first kappa shape index (κ1) is 10.4. The topological polar surface area (TPSA) is 95.7 Å². The van der Waals surface area contributed by atoms with Crippen molar-refractivity contribution >= 4 is 15.8 Å². The second-order valence-electron chi connectivity index (χ2n) is 2.53. The molecule has 1 aromatic heterocycles. The zero-order chi connectivity index (χ0) is 10.6. The summed E-state index contributed by atoms with van der Waals surface area (Å²) < 4.78 is 24.8. The third kappa shape index (κ3) is 2.40. The Morgan fingerprint density at radius 3 is 2.86 bits per heavy atom. The van der Waals surface area contributed by atoms with Crippen molar-refractivity contribution in [2.75, 3.05) is 4.72 Å². The van der Waals surface area contributed by atoms with Gasteiger partial charge in [-0.3, -0.25) is 4.72 Å². The summed E-state index contributed by atoms with van der Waals surface area (Å²) in [6.45, 7) is 1.29. The first-order valence-electron chi connectivity index (χ1n) is 3.75. The van der Waals surface area contributed by atoms with Crippen molar-refractivity contribution in [3.05, 3.63) is 18.3 Å². The highest BCUT2D eigenvalue weighted by molar-refractivity contribution is 7.93. The van der Waals surface area contributed by atoms with Crippen LogP contribution in [0, 0.1) is 11.3 Å². The summed E-state index contributed by atoms with van der Waals surface area (Å²) in [5.41, 5.74) is 0. The quantitative estimate of drug-likeness (QED) is 0.768. The van der Waals surface area contributed by atoms with Gasteiger partial charge in [0.15, 0.2) is 11.1 Å². The number of anilines is 1. The van der Waals surface area contributed by atoms with Crippen LogP contribution >= 0.6 is 0 Å². The van der Waals surface area contributed by atoms with Crippen LogP contribution < -0.4 is 4.72 Å². The molecule has 6 nitrogen and oxygen atoms in total. The molecule has 0 saturated heterocycles. The number of nitrogens with one attached hydrogen (secondary N) is 1. The molecule has 0 aliphatic carbocycles. The lowest BCUT2D eigenvalue weighted by atomic mass is 10.5. The average molecular weight is 212 g/mol. The average Bonchev–Trinajstić information content (AvgIpc) is 2.17. The molecule has 74 valence electrons. The lowest BCUT2D eigenvalue weighted by Crippen LogP contribution is -2.24. The fourth-order valence-corrected chi connectivity index (χ4v) is 1.38. The van der Waals surface area contributed by atoms with Crippen LogP contribution in [0.3, 0.4) is 0 Å². The maximum absolute atomic E-state index is 11.3. The van der Waals surface area contributed by atoms with E-state index in [-0.39, 0.29) is 5.82 Å². The number of hydrogen-bond acceptors (Lipinski definition) is 5. The van der Waals surface area contributed by atoms with Gasteiger partial charge in [-0.25, -0.2) is 8.42 Å². The van der Waals surface area contributed by atoms with Crippen molar-refractivity contribution in [2.45, 2.75) is 12.2 Å². The van der Waals surface area contributed by atoms with E-state index in [2.05, 4.69) is 14.9 Å². The summed E-state index contributed by atoms with van der Waals surface area (Å²) in [4.78, 5) is 0. The highest BCUT2D eigenvalue weighted by Gasteiger charge is 2.20. The van der Waals surface area contributed by atoms with E-state index in [9.17, 15) is 8.42 Å². The summed E-state index contributed by atoms with van der Waals surface area (Å²) in [5.74, 6) is 0.106. The number of sulfonamides is 1. The Bertz CT molecular complexity index is 437. The second-order valence-corrected chi connectivity index (χ2v) is 4.53. The van der Waals surface area contributed by atoms with Gasteiger partial charge in [-0.15, -0.1) is 5.10 Å². The van der Waals surface area contributed by atoms with Gasteiger partial charge in [-0.1, -0.05) is 0 Å². The van der Waals surface area contributed by atoms with E-state index in [1.54, 1.807) is 12.1 Å². The maximum atomic E-state index is 11.3. The smallest absolute Gasteiger partial charge is 0.250 e. The van der Waals surface area contributed by atoms with Crippen LogP contribution in [-0.2, 0) is 10.0 Å². The number of nitriles is 1. The van der Waals surface area contributed by atoms with Crippen molar-refractivity contribution in [2.24, 2.45) is 0 Å². The number of nitrogens with zero attached hydrogens (tertiary/aromatic N) is 3. The minimum absolute atomic E-state index is 0.106. The predicted molar refractivity (Wildman–Crippen MR) is 49.6 cm³/mol. The van der Waals surface area contributed by atoms with Gasteiger partial charge in [0.2, 0.25) is 10.0 Å².